The summed E-state index contributed by atoms with van der Waals surface area (Å²) in [7, 11) is -3.80. The Hall–Kier alpha value is -1.83. The van der Waals surface area contributed by atoms with Crippen molar-refractivity contribution >= 4 is 15.1 Å². The van der Waals surface area contributed by atoms with E-state index in [0.29, 0.717) is 6.07 Å². The average molecular weight is 291 g/mol. The van der Waals surface area contributed by atoms with Gasteiger partial charge in [0.15, 0.2) is 0 Å². The molecule has 0 spiro atoms. The molecule has 0 atom stereocenters. The molecule has 4 nitrogen and oxygen atoms in total. The summed E-state index contributed by atoms with van der Waals surface area (Å²) >= 11 is 0. The van der Waals surface area contributed by atoms with E-state index in [9.17, 15) is 21.6 Å². The summed E-state index contributed by atoms with van der Waals surface area (Å²) in [6.07, 6.45) is -3.44. The van der Waals surface area contributed by atoms with E-state index in [0.717, 1.165) is 18.3 Å². The monoisotopic (exact) mass is 291 g/mol. The molecule has 102 valence electrons. The maximum absolute atomic E-state index is 12.5. The highest BCUT2D eigenvalue weighted by atomic mass is 32.2. The largest absolute Gasteiger partial charge is 0.430 e. The highest BCUT2D eigenvalue weighted by Gasteiger charge is 2.32. The van der Waals surface area contributed by atoms with Gasteiger partial charge in [-0.3, -0.25) is 0 Å². The Morgan fingerprint density at radius 1 is 1.26 bits per heavy atom. The number of ether oxygens (including phenoxy) is 1. The molecular formula is C11H8F3NO3S. The third-order valence-corrected chi connectivity index (χ3v) is 3.97. The van der Waals surface area contributed by atoms with Crippen LogP contribution in [0, 0.1) is 0 Å². The Bertz CT molecular complexity index is 675. The van der Waals surface area contributed by atoms with Gasteiger partial charge in [0.05, 0.1) is 10.5 Å². The van der Waals surface area contributed by atoms with E-state index in [-0.39, 0.29) is 10.7 Å². The molecule has 0 saturated carbocycles. The van der Waals surface area contributed by atoms with E-state index >= 15 is 0 Å². The van der Waals surface area contributed by atoms with Crippen LogP contribution in [0.2, 0.25) is 0 Å². The smallest absolute Gasteiger partial charge is 0.416 e. The van der Waals surface area contributed by atoms with Crippen LogP contribution >= 0.6 is 0 Å². The van der Waals surface area contributed by atoms with Crippen molar-refractivity contribution in [2.24, 2.45) is 4.99 Å². The van der Waals surface area contributed by atoms with Crippen molar-refractivity contribution in [3.63, 3.8) is 0 Å². The van der Waals surface area contributed by atoms with Gasteiger partial charge in [-0.05, 0) is 25.1 Å². The zero-order valence-electron chi connectivity index (χ0n) is 9.60. The van der Waals surface area contributed by atoms with E-state index < -0.39 is 26.8 Å². The lowest BCUT2D eigenvalue weighted by Gasteiger charge is -2.09. The minimum absolute atomic E-state index is 0.0190. The summed E-state index contributed by atoms with van der Waals surface area (Å²) in [6.45, 7) is 1.32. The van der Waals surface area contributed by atoms with Gasteiger partial charge in [0.2, 0.25) is 0 Å². The highest BCUT2D eigenvalue weighted by molar-refractivity contribution is 8.09. The predicted molar refractivity (Wildman–Crippen MR) is 62.2 cm³/mol. The molecule has 1 aromatic carbocycles. The molecule has 0 aliphatic carbocycles. The molecule has 0 N–H and O–H groups in total. The van der Waals surface area contributed by atoms with Gasteiger partial charge in [-0.2, -0.15) is 13.2 Å². The molecular weight excluding hydrogens is 283 g/mol. The molecule has 0 radical (unpaired) electrons. The topological polar surface area (TPSA) is 55.7 Å². The molecule has 1 heterocycles. The van der Waals surface area contributed by atoms with Crippen LogP contribution in [0.4, 0.5) is 13.2 Å². The van der Waals surface area contributed by atoms with Crippen molar-refractivity contribution in [2.45, 2.75) is 13.1 Å². The van der Waals surface area contributed by atoms with E-state index in [1.807, 2.05) is 0 Å². The zero-order valence-corrected chi connectivity index (χ0v) is 10.4. The molecule has 19 heavy (non-hydrogen) atoms. The zero-order chi connectivity index (χ0) is 14.3. The molecule has 0 unspecified atom stereocenters. The van der Waals surface area contributed by atoms with Crippen LogP contribution in [0.15, 0.2) is 40.4 Å². The third kappa shape index (κ3) is 2.62. The first-order valence-corrected chi connectivity index (χ1v) is 6.54. The van der Waals surface area contributed by atoms with Gasteiger partial charge in [-0.25, -0.2) is 13.4 Å². The maximum atomic E-state index is 12.5. The van der Waals surface area contributed by atoms with Crippen LogP contribution < -0.4 is 4.74 Å². The van der Waals surface area contributed by atoms with Gasteiger partial charge in [-0.1, -0.05) is 6.07 Å². The summed E-state index contributed by atoms with van der Waals surface area (Å²) in [6, 6.07) is 3.93. The fourth-order valence-electron chi connectivity index (χ4n) is 1.34. The van der Waals surface area contributed by atoms with Gasteiger partial charge in [-0.15, -0.1) is 0 Å². The Kier molecular flexibility index (Phi) is 3.13. The predicted octanol–water partition coefficient (Wildman–Crippen LogP) is 2.73. The SMILES string of the molecule is CC1=CN=C(Oc2cccc(C(F)(F)F)c2)S1(=O)=O. The summed E-state index contributed by atoms with van der Waals surface area (Å²) in [5, 5.41) is -0.621. The first-order chi connectivity index (χ1) is 8.71. The number of allylic oxidation sites excluding steroid dienone is 1. The number of rotatable bonds is 1. The maximum Gasteiger partial charge on any atom is 0.416 e. The normalized spacial score (nSPS) is 17.9. The number of hydrogen-bond donors (Lipinski definition) is 0. The molecule has 8 heteroatoms. The van der Waals surface area contributed by atoms with Crippen LogP contribution in [0.25, 0.3) is 0 Å². The molecule has 0 saturated heterocycles. The standard InChI is InChI=1S/C11H8F3NO3S/c1-7-6-15-10(19(7,16)17)18-9-4-2-3-8(5-9)11(12,13)14/h2-6H,1H3. The van der Waals surface area contributed by atoms with E-state index in [1.165, 1.54) is 13.0 Å². The first kappa shape index (κ1) is 13.6. The lowest BCUT2D eigenvalue weighted by Crippen LogP contribution is -2.18. The van der Waals surface area contributed by atoms with Gasteiger partial charge in [0.1, 0.15) is 5.75 Å². The highest BCUT2D eigenvalue weighted by Crippen LogP contribution is 2.31. The van der Waals surface area contributed by atoms with Crippen molar-refractivity contribution in [3.05, 3.63) is 40.9 Å². The van der Waals surface area contributed by atoms with Crippen LogP contribution in [0.3, 0.4) is 0 Å². The van der Waals surface area contributed by atoms with E-state index in [1.54, 1.807) is 0 Å². The van der Waals surface area contributed by atoms with Crippen molar-refractivity contribution < 1.29 is 26.3 Å². The number of aliphatic imine (C=N–C) groups is 1. The minimum atomic E-state index is -4.52. The third-order valence-electron chi connectivity index (χ3n) is 2.37. The van der Waals surface area contributed by atoms with Crippen molar-refractivity contribution in [1.82, 2.24) is 0 Å². The Labute approximate surface area is 107 Å². The summed E-state index contributed by atoms with van der Waals surface area (Å²) in [4.78, 5) is 3.50. The first-order valence-electron chi connectivity index (χ1n) is 5.06. The van der Waals surface area contributed by atoms with Crippen molar-refractivity contribution in [3.8, 4) is 5.75 Å². The quantitative estimate of drug-likeness (QED) is 0.799. The van der Waals surface area contributed by atoms with Gasteiger partial charge < -0.3 is 4.74 Å². The minimum Gasteiger partial charge on any atom is -0.430 e. The Morgan fingerprint density at radius 3 is 2.47 bits per heavy atom. The van der Waals surface area contributed by atoms with Crippen LogP contribution in [0.5, 0.6) is 5.75 Å². The Morgan fingerprint density at radius 2 is 1.95 bits per heavy atom. The summed E-state index contributed by atoms with van der Waals surface area (Å²) in [5.41, 5.74) is -0.925. The van der Waals surface area contributed by atoms with Gasteiger partial charge >= 0.3 is 11.4 Å². The van der Waals surface area contributed by atoms with Gasteiger partial charge in [0.25, 0.3) is 9.84 Å². The molecule has 0 bridgehead atoms. The van der Waals surface area contributed by atoms with E-state index in [2.05, 4.69) is 4.99 Å². The molecule has 1 aliphatic rings. The summed E-state index contributed by atoms with van der Waals surface area (Å²) in [5.74, 6) is -0.236. The molecule has 2 rings (SSSR count). The lowest BCUT2D eigenvalue weighted by atomic mass is 10.2. The molecule has 1 aromatic rings. The number of alkyl halides is 3. The lowest BCUT2D eigenvalue weighted by molar-refractivity contribution is -0.137. The molecule has 0 fully saturated rings. The van der Waals surface area contributed by atoms with Crippen LogP contribution in [-0.4, -0.2) is 13.6 Å². The van der Waals surface area contributed by atoms with Crippen molar-refractivity contribution in [1.29, 1.82) is 0 Å². The summed E-state index contributed by atoms with van der Waals surface area (Å²) < 4.78 is 65.6. The van der Waals surface area contributed by atoms with Crippen molar-refractivity contribution in [2.75, 3.05) is 0 Å². The Balaban J connectivity index is 2.28. The fourth-order valence-corrected chi connectivity index (χ4v) is 2.20. The second kappa shape index (κ2) is 4.37. The van der Waals surface area contributed by atoms with Gasteiger partial charge in [0, 0.05) is 6.20 Å². The van der Waals surface area contributed by atoms with E-state index in [4.69, 9.17) is 4.74 Å². The fraction of sp³-hybridized carbons (Fsp3) is 0.182. The number of sulfone groups is 1. The molecule has 0 aromatic heterocycles. The number of halogens is 3. The van der Waals surface area contributed by atoms with Crippen LogP contribution in [0.1, 0.15) is 12.5 Å². The molecule has 1 aliphatic heterocycles. The molecule has 0 amide bonds. The number of hydrogen-bond acceptors (Lipinski definition) is 4. The average Bonchev–Trinajstić information content (AvgIpc) is 2.55. The van der Waals surface area contributed by atoms with Crippen LogP contribution in [-0.2, 0) is 16.0 Å². The second-order valence-corrected chi connectivity index (χ2v) is 5.77. The number of benzene rings is 1. The second-order valence-electron chi connectivity index (χ2n) is 3.77. The number of nitrogens with zero attached hydrogens (tertiary/aromatic N) is 1.